The average Bonchev–Trinajstić information content (AvgIpc) is 3.75. The van der Waals surface area contributed by atoms with Crippen molar-refractivity contribution in [3.8, 4) is 21.8 Å². The average molecular weight is 928 g/mol. The second-order valence-corrected chi connectivity index (χ2v) is 22.0. The minimum Gasteiger partial charge on any atom is -0.371 e. The van der Waals surface area contributed by atoms with E-state index in [9.17, 15) is 22.8 Å². The van der Waals surface area contributed by atoms with Gasteiger partial charge in [0, 0.05) is 87.1 Å². The van der Waals surface area contributed by atoms with Crippen LogP contribution in [-0.2, 0) is 29.8 Å². The third-order valence-electron chi connectivity index (χ3n) is 13.3. The van der Waals surface area contributed by atoms with Crippen molar-refractivity contribution >= 4 is 56.4 Å². The number of nitrogens with zero attached hydrogens (tertiary/aromatic N) is 6. The van der Waals surface area contributed by atoms with Gasteiger partial charge in [0.1, 0.15) is 0 Å². The molecule has 0 spiro atoms. The quantitative estimate of drug-likeness (QED) is 0.114. The fourth-order valence-corrected chi connectivity index (χ4v) is 11.8. The van der Waals surface area contributed by atoms with E-state index in [-0.39, 0.29) is 52.1 Å². The summed E-state index contributed by atoms with van der Waals surface area (Å²) in [5, 5.41) is 6.82. The molecule has 2 aromatic carbocycles. The van der Waals surface area contributed by atoms with E-state index in [0.29, 0.717) is 53.3 Å². The van der Waals surface area contributed by atoms with Crippen LogP contribution >= 0.6 is 11.3 Å². The smallest absolute Gasteiger partial charge is 0.234 e. The van der Waals surface area contributed by atoms with E-state index in [1.165, 1.54) is 17.4 Å². The van der Waals surface area contributed by atoms with E-state index >= 15 is 4.39 Å². The topological polar surface area (TPSA) is 170 Å². The van der Waals surface area contributed by atoms with E-state index < -0.39 is 15.8 Å². The number of nitrogens with one attached hydrogen (secondary N) is 3. The highest BCUT2D eigenvalue weighted by molar-refractivity contribution is 7.92. The van der Waals surface area contributed by atoms with Crippen LogP contribution in [0.2, 0.25) is 0 Å². The maximum absolute atomic E-state index is 16.1. The van der Waals surface area contributed by atoms with Crippen LogP contribution in [0.4, 0.5) is 21.7 Å². The van der Waals surface area contributed by atoms with Crippen LogP contribution in [0.5, 0.6) is 0 Å². The number of imide groups is 1. The van der Waals surface area contributed by atoms with Crippen molar-refractivity contribution in [1.82, 2.24) is 30.1 Å². The number of halogens is 1. The maximum Gasteiger partial charge on any atom is 0.234 e. The number of hydrogen-bond acceptors (Lipinski definition) is 12. The molecule has 348 valence electrons. The summed E-state index contributed by atoms with van der Waals surface area (Å²) in [5.74, 6) is -0.0945. The first-order chi connectivity index (χ1) is 31.1. The summed E-state index contributed by atoms with van der Waals surface area (Å²) in [4.78, 5) is 59.6. The largest absolute Gasteiger partial charge is 0.371 e. The summed E-state index contributed by atoms with van der Waals surface area (Å²) in [5.41, 5.74) is 2.84. The van der Waals surface area contributed by atoms with Gasteiger partial charge in [-0.2, -0.15) is 0 Å². The number of piperidine rings is 4. The van der Waals surface area contributed by atoms with E-state index in [4.69, 9.17) is 9.97 Å². The lowest BCUT2D eigenvalue weighted by atomic mass is 9.90. The zero-order valence-electron chi connectivity index (χ0n) is 37.9. The number of hydrogen-bond donors (Lipinski definition) is 3. The molecule has 0 bridgehead atoms. The van der Waals surface area contributed by atoms with Crippen LogP contribution in [-0.4, -0.2) is 108 Å². The van der Waals surface area contributed by atoms with Crippen LogP contribution < -0.4 is 20.3 Å². The Morgan fingerprint density at radius 2 is 1.63 bits per heavy atom. The molecule has 0 aliphatic carbocycles. The highest BCUT2D eigenvalue weighted by Gasteiger charge is 2.33. The van der Waals surface area contributed by atoms with Crippen molar-refractivity contribution in [2.24, 2.45) is 11.8 Å². The molecule has 4 aliphatic heterocycles. The first-order valence-electron chi connectivity index (χ1n) is 23.2. The third kappa shape index (κ3) is 11.2. The molecule has 14 nitrogen and oxygen atoms in total. The predicted molar refractivity (Wildman–Crippen MR) is 254 cm³/mol. The van der Waals surface area contributed by atoms with Gasteiger partial charge in [0.05, 0.1) is 38.6 Å². The summed E-state index contributed by atoms with van der Waals surface area (Å²) in [6, 6.07) is 14.8. The van der Waals surface area contributed by atoms with Gasteiger partial charge in [0.2, 0.25) is 33.7 Å². The minimum atomic E-state index is -3.70. The molecular formula is C48H62FN9O5S2. The highest BCUT2D eigenvalue weighted by Crippen LogP contribution is 2.42. The van der Waals surface area contributed by atoms with E-state index in [1.807, 2.05) is 12.1 Å². The number of likely N-dealkylation sites (tertiary alicyclic amines) is 2. The van der Waals surface area contributed by atoms with Crippen molar-refractivity contribution in [1.29, 1.82) is 0 Å². The zero-order chi connectivity index (χ0) is 45.9. The molecule has 0 unspecified atom stereocenters. The molecule has 4 fully saturated rings. The Morgan fingerprint density at radius 1 is 0.908 bits per heavy atom. The van der Waals surface area contributed by atoms with Crippen molar-refractivity contribution in [3.05, 3.63) is 71.1 Å². The SMILES string of the molecule is CCCS(=O)(=O)Nc1cccc(-c2nc(C(C)(C)C)sc2-c2ccnc(NC3CCN(CC4CCN(C(=O)C5CCN(c6ccc([C@H]7CCC(=O)NC7=O)cc6)CC5)CC4)CC3)n2)c1F. The van der Waals surface area contributed by atoms with Crippen LogP contribution in [0.15, 0.2) is 54.7 Å². The lowest BCUT2D eigenvalue weighted by molar-refractivity contribution is -0.138. The van der Waals surface area contributed by atoms with Gasteiger partial charge in [-0.3, -0.25) is 24.4 Å². The summed E-state index contributed by atoms with van der Waals surface area (Å²) in [6.07, 6.45) is 8.61. The van der Waals surface area contributed by atoms with Gasteiger partial charge < -0.3 is 20.0 Å². The molecule has 17 heteroatoms. The Hall–Kier alpha value is -5.00. The van der Waals surface area contributed by atoms with Gasteiger partial charge in [-0.15, -0.1) is 11.3 Å². The Balaban J connectivity index is 0.802. The molecule has 1 atom stereocenters. The second-order valence-electron chi connectivity index (χ2n) is 19.1. The molecule has 3 N–H and O–H groups in total. The molecule has 4 aromatic rings. The van der Waals surface area contributed by atoms with Gasteiger partial charge in [0.25, 0.3) is 0 Å². The first-order valence-corrected chi connectivity index (χ1v) is 25.7. The first kappa shape index (κ1) is 46.5. The molecule has 4 aliphatic rings. The molecular weight excluding hydrogens is 866 g/mol. The van der Waals surface area contributed by atoms with Gasteiger partial charge in [-0.1, -0.05) is 45.9 Å². The van der Waals surface area contributed by atoms with Crippen molar-refractivity contribution in [2.75, 3.05) is 66.5 Å². The Labute approximate surface area is 386 Å². The number of sulfonamides is 1. The van der Waals surface area contributed by atoms with Gasteiger partial charge in [0.15, 0.2) is 5.82 Å². The number of benzene rings is 2. The number of carbonyl (C=O) groups is 3. The minimum absolute atomic E-state index is 0.0487. The molecule has 65 heavy (non-hydrogen) atoms. The van der Waals surface area contributed by atoms with Crippen LogP contribution in [0.1, 0.15) is 102 Å². The number of carbonyl (C=O) groups excluding carboxylic acids is 3. The molecule has 4 saturated heterocycles. The standard InChI is InChI=1S/C48H62FN9O5S2/c1-5-29-65(62,63)55-38-8-6-7-37(41(38)49)42-43(64-46(54-42)48(2,3)4)39-15-22-50-47(52-39)51-34-20-23-56(24-21-34)30-31-16-25-58(26-17-31)45(61)33-18-27-57(28-19-33)35-11-9-32(10-12-35)36-13-14-40(59)53-44(36)60/h6-12,15,22,31,33-34,36,55H,5,13-14,16-21,23-30H2,1-4H3,(H,50,51,52)(H,53,59,60)/t36-/m1/s1. The number of amides is 3. The van der Waals surface area contributed by atoms with Gasteiger partial charge in [-0.25, -0.2) is 27.8 Å². The third-order valence-corrected chi connectivity index (χ3v) is 16.2. The lowest BCUT2D eigenvalue weighted by Gasteiger charge is -2.40. The summed E-state index contributed by atoms with van der Waals surface area (Å²) in [6.45, 7) is 14.1. The molecule has 0 saturated carbocycles. The van der Waals surface area contributed by atoms with Crippen LogP contribution in [0, 0.1) is 17.7 Å². The monoisotopic (exact) mass is 927 g/mol. The molecule has 3 amide bonds. The van der Waals surface area contributed by atoms with E-state index in [0.717, 1.165) is 101 Å². The van der Waals surface area contributed by atoms with Crippen LogP contribution in [0.3, 0.4) is 0 Å². The van der Waals surface area contributed by atoms with Crippen LogP contribution in [0.25, 0.3) is 21.8 Å². The van der Waals surface area contributed by atoms with Crippen molar-refractivity contribution in [2.45, 2.75) is 103 Å². The van der Waals surface area contributed by atoms with Crippen molar-refractivity contribution < 1.29 is 27.2 Å². The Kier molecular flexibility index (Phi) is 14.2. The molecule has 0 radical (unpaired) electrons. The number of anilines is 3. The normalized spacial score (nSPS) is 19.9. The summed E-state index contributed by atoms with van der Waals surface area (Å²) >= 11 is 1.45. The molecule has 8 rings (SSSR count). The highest BCUT2D eigenvalue weighted by atomic mass is 32.2. The van der Waals surface area contributed by atoms with E-state index in [1.54, 1.807) is 31.3 Å². The fourth-order valence-electron chi connectivity index (χ4n) is 9.55. The number of aromatic nitrogens is 3. The Bertz CT molecular complexity index is 2450. The number of thiazole rings is 1. The predicted octanol–water partition coefficient (Wildman–Crippen LogP) is 7.41. The summed E-state index contributed by atoms with van der Waals surface area (Å²) in [7, 11) is -3.70. The lowest BCUT2D eigenvalue weighted by Crippen LogP contribution is -2.47. The maximum atomic E-state index is 16.1. The number of rotatable bonds is 13. The van der Waals surface area contributed by atoms with Crippen molar-refractivity contribution in [3.63, 3.8) is 0 Å². The zero-order valence-corrected chi connectivity index (χ0v) is 39.6. The van der Waals surface area contributed by atoms with Gasteiger partial charge >= 0.3 is 0 Å². The molecule has 6 heterocycles. The van der Waals surface area contributed by atoms with Gasteiger partial charge in [-0.05, 0) is 93.2 Å². The Morgan fingerprint density at radius 3 is 2.31 bits per heavy atom. The van der Waals surface area contributed by atoms with E-state index in [2.05, 4.69) is 67.9 Å². The molecule has 2 aromatic heterocycles. The fraction of sp³-hybridized carbons (Fsp3) is 0.542. The summed E-state index contributed by atoms with van der Waals surface area (Å²) < 4.78 is 43.6. The second kappa shape index (κ2) is 19.8.